The van der Waals surface area contributed by atoms with Gasteiger partial charge in [0.05, 0.1) is 6.61 Å². The van der Waals surface area contributed by atoms with E-state index < -0.39 is 0 Å². The van der Waals surface area contributed by atoms with Gasteiger partial charge < -0.3 is 14.2 Å². The first-order chi connectivity index (χ1) is 11.3. The quantitative estimate of drug-likeness (QED) is 0.792. The van der Waals surface area contributed by atoms with Crippen LogP contribution in [0.2, 0.25) is 0 Å². The highest BCUT2D eigenvalue weighted by molar-refractivity contribution is 7.80. The van der Waals surface area contributed by atoms with Gasteiger partial charge in [-0.15, -0.1) is 0 Å². The molecular formula is C19H16O3S. The zero-order chi connectivity index (χ0) is 15.8. The van der Waals surface area contributed by atoms with Crippen LogP contribution in [0.1, 0.15) is 23.6 Å². The van der Waals surface area contributed by atoms with Gasteiger partial charge in [0.15, 0.2) is 11.5 Å². The summed E-state index contributed by atoms with van der Waals surface area (Å²) in [4.78, 5) is 0.915. The molecule has 1 heterocycles. The Hall–Kier alpha value is -2.33. The first-order valence-electron chi connectivity index (χ1n) is 7.66. The lowest BCUT2D eigenvalue weighted by atomic mass is 9.86. The molecule has 0 unspecified atom stereocenters. The Morgan fingerprint density at radius 1 is 1.09 bits per heavy atom. The van der Waals surface area contributed by atoms with Crippen LogP contribution in [-0.2, 0) is 6.42 Å². The molecule has 23 heavy (non-hydrogen) atoms. The van der Waals surface area contributed by atoms with Gasteiger partial charge >= 0.3 is 0 Å². The highest BCUT2D eigenvalue weighted by Crippen LogP contribution is 2.42. The molecule has 116 valence electrons. The summed E-state index contributed by atoms with van der Waals surface area (Å²) in [7, 11) is 0. The molecule has 1 aliphatic carbocycles. The molecule has 0 atom stereocenters. The summed E-state index contributed by atoms with van der Waals surface area (Å²) in [6.07, 6.45) is 2.82. The minimum absolute atomic E-state index is 0.275. The molecule has 2 aliphatic rings. The third-order valence-corrected chi connectivity index (χ3v) is 4.30. The molecule has 0 N–H and O–H groups in total. The maximum Gasteiger partial charge on any atom is 0.231 e. The van der Waals surface area contributed by atoms with Gasteiger partial charge in [-0.25, -0.2) is 0 Å². The maximum absolute atomic E-state index is 5.79. The first kappa shape index (κ1) is 14.3. The number of para-hydroxylation sites is 1. The lowest BCUT2D eigenvalue weighted by Crippen LogP contribution is -2.09. The molecule has 4 heteroatoms. The molecule has 2 aromatic rings. The van der Waals surface area contributed by atoms with Crippen molar-refractivity contribution in [3.8, 4) is 17.2 Å². The van der Waals surface area contributed by atoms with Crippen LogP contribution in [0.15, 0.2) is 42.5 Å². The second-order valence-corrected chi connectivity index (χ2v) is 6.02. The van der Waals surface area contributed by atoms with Crippen molar-refractivity contribution in [2.45, 2.75) is 13.3 Å². The number of hydrogen-bond donors (Lipinski definition) is 0. The number of fused-ring (bicyclic) bond motifs is 2. The summed E-state index contributed by atoms with van der Waals surface area (Å²) < 4.78 is 16.8. The zero-order valence-corrected chi connectivity index (χ0v) is 13.6. The SMILES string of the molecule is CCOc1ccccc1C1=CC(=S)Cc2cc3c(cc21)OCO3. The Labute approximate surface area is 140 Å². The van der Waals surface area contributed by atoms with E-state index in [2.05, 4.69) is 12.1 Å². The van der Waals surface area contributed by atoms with E-state index in [-0.39, 0.29) is 6.79 Å². The summed E-state index contributed by atoms with van der Waals surface area (Å²) in [5, 5.41) is 0. The van der Waals surface area contributed by atoms with E-state index in [1.165, 1.54) is 5.56 Å². The van der Waals surface area contributed by atoms with Crippen molar-refractivity contribution in [3.63, 3.8) is 0 Å². The van der Waals surface area contributed by atoms with E-state index in [9.17, 15) is 0 Å². The molecule has 0 amide bonds. The van der Waals surface area contributed by atoms with Crippen molar-refractivity contribution in [1.82, 2.24) is 0 Å². The highest BCUT2D eigenvalue weighted by atomic mass is 32.1. The summed E-state index contributed by atoms with van der Waals surface area (Å²) in [5.41, 5.74) is 4.44. The number of benzene rings is 2. The zero-order valence-electron chi connectivity index (χ0n) is 12.8. The van der Waals surface area contributed by atoms with E-state index in [1.54, 1.807) is 0 Å². The first-order valence-corrected chi connectivity index (χ1v) is 8.06. The molecule has 0 spiro atoms. The van der Waals surface area contributed by atoms with Crippen LogP contribution in [0, 0.1) is 0 Å². The van der Waals surface area contributed by atoms with Gasteiger partial charge in [0.25, 0.3) is 0 Å². The molecule has 3 nitrogen and oxygen atoms in total. The van der Waals surface area contributed by atoms with Crippen LogP contribution >= 0.6 is 12.2 Å². The van der Waals surface area contributed by atoms with Crippen LogP contribution in [0.4, 0.5) is 0 Å². The minimum Gasteiger partial charge on any atom is -0.493 e. The minimum atomic E-state index is 0.275. The largest absolute Gasteiger partial charge is 0.493 e. The molecule has 0 bridgehead atoms. The van der Waals surface area contributed by atoms with Crippen LogP contribution in [0.3, 0.4) is 0 Å². The van der Waals surface area contributed by atoms with Gasteiger partial charge in [-0.2, -0.15) is 0 Å². The van der Waals surface area contributed by atoms with Crippen LogP contribution < -0.4 is 14.2 Å². The fraction of sp³-hybridized carbons (Fsp3) is 0.211. The van der Waals surface area contributed by atoms with E-state index in [1.807, 2.05) is 37.3 Å². The number of thiocarbonyl (C=S) groups is 1. The van der Waals surface area contributed by atoms with Gasteiger partial charge in [0.1, 0.15) is 5.75 Å². The average molecular weight is 324 g/mol. The highest BCUT2D eigenvalue weighted by Gasteiger charge is 2.24. The third-order valence-electron chi connectivity index (χ3n) is 4.04. The molecule has 0 radical (unpaired) electrons. The maximum atomic E-state index is 5.79. The van der Waals surface area contributed by atoms with Crippen molar-refractivity contribution in [1.29, 1.82) is 0 Å². The summed E-state index contributed by atoms with van der Waals surface area (Å²) >= 11 is 5.51. The Morgan fingerprint density at radius 2 is 1.87 bits per heavy atom. The number of allylic oxidation sites excluding steroid dienone is 1. The molecule has 4 rings (SSSR count). The predicted molar refractivity (Wildman–Crippen MR) is 93.6 cm³/mol. The van der Waals surface area contributed by atoms with Gasteiger partial charge in [0, 0.05) is 16.8 Å². The van der Waals surface area contributed by atoms with Crippen molar-refractivity contribution >= 4 is 22.7 Å². The van der Waals surface area contributed by atoms with Gasteiger partial charge in [-0.1, -0.05) is 30.4 Å². The lowest BCUT2D eigenvalue weighted by Gasteiger charge is -2.21. The number of rotatable bonds is 3. The van der Waals surface area contributed by atoms with E-state index in [4.69, 9.17) is 26.4 Å². The standard InChI is InChI=1S/C19H16O3S/c1-2-20-17-6-4-3-5-14(17)16-9-13(23)7-12-8-18-19(10-15(12)16)22-11-21-18/h3-6,8-10H,2,7,11H2,1H3. The van der Waals surface area contributed by atoms with Crippen LogP contribution in [0.5, 0.6) is 17.2 Å². The molecule has 0 fully saturated rings. The Bertz CT molecular complexity index is 823. The topological polar surface area (TPSA) is 27.7 Å². The molecule has 0 saturated carbocycles. The number of hydrogen-bond acceptors (Lipinski definition) is 4. The van der Waals surface area contributed by atoms with Crippen molar-refractivity contribution in [3.05, 3.63) is 59.2 Å². The monoisotopic (exact) mass is 324 g/mol. The second-order valence-electron chi connectivity index (χ2n) is 5.49. The van der Waals surface area contributed by atoms with Crippen molar-refractivity contribution in [2.24, 2.45) is 0 Å². The van der Waals surface area contributed by atoms with Crippen LogP contribution in [0.25, 0.3) is 5.57 Å². The van der Waals surface area contributed by atoms with Crippen LogP contribution in [-0.4, -0.2) is 18.3 Å². The summed E-state index contributed by atoms with van der Waals surface area (Å²) in [6.45, 7) is 2.89. The Kier molecular flexibility index (Phi) is 3.54. The van der Waals surface area contributed by atoms with Gasteiger partial charge in [-0.3, -0.25) is 0 Å². The number of ether oxygens (including phenoxy) is 3. The normalized spacial score (nSPS) is 15.2. The molecular weight excluding hydrogens is 308 g/mol. The van der Waals surface area contributed by atoms with Crippen molar-refractivity contribution in [2.75, 3.05) is 13.4 Å². The third kappa shape index (κ3) is 2.49. The lowest BCUT2D eigenvalue weighted by molar-refractivity contribution is 0.174. The van der Waals surface area contributed by atoms with E-state index in [0.717, 1.165) is 45.2 Å². The Balaban J connectivity index is 1.88. The van der Waals surface area contributed by atoms with Crippen molar-refractivity contribution < 1.29 is 14.2 Å². The molecule has 0 saturated heterocycles. The Morgan fingerprint density at radius 3 is 2.70 bits per heavy atom. The van der Waals surface area contributed by atoms with E-state index in [0.29, 0.717) is 6.61 Å². The molecule has 1 aliphatic heterocycles. The second kappa shape index (κ2) is 5.70. The smallest absolute Gasteiger partial charge is 0.231 e. The fourth-order valence-corrected chi connectivity index (χ4v) is 3.33. The van der Waals surface area contributed by atoms with Gasteiger partial charge in [-0.05, 0) is 47.9 Å². The summed E-state index contributed by atoms with van der Waals surface area (Å²) in [6, 6.07) is 12.1. The predicted octanol–water partition coefficient (Wildman–Crippen LogP) is 4.17. The van der Waals surface area contributed by atoms with Gasteiger partial charge in [0.2, 0.25) is 6.79 Å². The molecule has 0 aromatic heterocycles. The average Bonchev–Trinajstić information content (AvgIpc) is 3.00. The summed E-state index contributed by atoms with van der Waals surface area (Å²) in [5.74, 6) is 2.46. The molecule has 2 aromatic carbocycles. The van der Waals surface area contributed by atoms with E-state index >= 15 is 0 Å². The fourth-order valence-electron chi connectivity index (χ4n) is 3.05.